The molecule has 18 N–H and O–H groups in total. The second kappa shape index (κ2) is 50.8. The van der Waals surface area contributed by atoms with E-state index in [0.717, 1.165) is 38.6 Å². The first-order chi connectivity index (χ1) is 65.4. The molecule has 0 spiro atoms. The number of H-pyrrole nitrogens is 1. The summed E-state index contributed by atoms with van der Waals surface area (Å²) in [6.07, 6.45) is 1.11. The van der Waals surface area contributed by atoms with Crippen LogP contribution in [0.1, 0.15) is 195 Å². The SMILES string of the molecule is CCCC[C@H]1C(=O)N(C)[C@@H](CCCC)C(=O)N[C@@H](CC(C)C)C(=O)N[C@H](C(N)=O)CSCC(=O)N[C@@H](Cc2ccc(F)cc2)C(=O)N2CCCC[C@H]2C(=O)N[C@@H](CC(N)=O)C(=O)N2CCC[C@H]2C(=O)N[C@@H](CCC(=O)C(C)(C)C)C(=O)N[C@@H](CC(C)C)C(=O)N2C[C@H](O)C[C@H]2C(=O)N[C@@H](Cc2c[nH]c3ccccc23)C(=O)N[C@@H](CCN)C(=O)N[C@@H](Cc2cn(CC(=O)O)c3ccccc23)C(=O)N1C. The van der Waals surface area contributed by atoms with Gasteiger partial charge in [0.2, 0.25) is 94.5 Å². The number of carboxylic acid groups (broad SMARTS) is 1. The summed E-state index contributed by atoms with van der Waals surface area (Å²) in [6, 6.07) is -2.38. The van der Waals surface area contributed by atoms with Gasteiger partial charge in [-0.05, 0) is 130 Å². The topological polar surface area (TPSA) is 571 Å². The summed E-state index contributed by atoms with van der Waals surface area (Å²) in [5.41, 5.74) is 19.4. The standard InChI is InChI=1S/C97H138FN19O20S/c1-12-14-26-74-88(129)106-66(41-54(3)4)86(127)111-72(83(101)124)52-138-53-81(121)103-69(43-56-31-33-59(98)34-32-56)93(134)115-39-21-20-29-75(115)90(131)110-71(47-80(100)120)94(135)116-40-22-30-76(116)89(130)105-64(35-36-79(119)97(7,8)9)84(125)108-68(42-55(5)6)95(136)117-50-60(118)46-78(117)91(132)107-67(44-57-48-102-63-25-18-16-23-61(57)63)87(128)104-65(37-38-99)85(126)109-70(92(133)113(11)77(27-15-13-2)96(137)112(74)10)45-58-49-114(51-82(122)123)73-28-19-17-24-62(58)73/h16-19,23-25,28,31-34,48-49,54-55,60,64-72,74-78,102,118H,12-15,20-22,26-27,29-30,35-47,50-53,99H2,1-11H3,(H2,100,120)(H2,101,124)(H,103,121)(H,104,128)(H,105,130)(H,106,129)(H,107,132)(H,108,125)(H,109,126)(H,110,131)(H,111,127)(H,122,123)/t60-,64+,65+,66+,67+,68+,69+,70+,71+,72+,74+,75+,76+,77+,78+/m1/s1. The van der Waals surface area contributed by atoms with Crippen LogP contribution in [0.5, 0.6) is 0 Å². The molecule has 39 nitrogen and oxygen atoms in total. The Morgan fingerprint density at radius 2 is 1.04 bits per heavy atom. The molecule has 4 saturated heterocycles. The average Bonchev–Trinajstić information content (AvgIpc) is 1.63. The van der Waals surface area contributed by atoms with Gasteiger partial charge in [0.1, 0.15) is 103 Å². The predicted molar refractivity (Wildman–Crippen MR) is 512 cm³/mol. The van der Waals surface area contributed by atoms with Crippen LogP contribution in [0, 0.1) is 23.1 Å². The van der Waals surface area contributed by atoms with Crippen molar-refractivity contribution >= 4 is 140 Å². The zero-order valence-corrected chi connectivity index (χ0v) is 81.5. The Kier molecular flexibility index (Phi) is 40.2. The number of aliphatic hydroxyl groups excluding tert-OH is 1. The molecule has 0 aliphatic carbocycles. The molecule has 2 aromatic heterocycles. The molecular formula is C97H138FN19O20S. The zero-order chi connectivity index (χ0) is 101. The fraction of sp³-hybridized carbons (Fsp3) is 0.588. The smallest absolute Gasteiger partial charge is 0.323 e. The Hall–Kier alpha value is -12.4. The van der Waals surface area contributed by atoms with Crippen LogP contribution < -0.4 is 65.1 Å². The van der Waals surface area contributed by atoms with Crippen LogP contribution in [0.2, 0.25) is 0 Å². The van der Waals surface area contributed by atoms with E-state index in [1.807, 2.05) is 13.8 Å². The number of rotatable bonds is 26. The number of piperidine rings is 1. The van der Waals surface area contributed by atoms with Crippen LogP contribution >= 0.6 is 11.8 Å². The lowest BCUT2D eigenvalue weighted by atomic mass is 9.87. The molecule has 0 radical (unpaired) electrons. The summed E-state index contributed by atoms with van der Waals surface area (Å²) in [7, 11) is 2.73. The van der Waals surface area contributed by atoms with Gasteiger partial charge in [-0.15, -0.1) is 11.8 Å². The van der Waals surface area contributed by atoms with E-state index in [-0.39, 0.29) is 121 Å². The number of ketones is 1. The van der Waals surface area contributed by atoms with Crippen molar-refractivity contribution in [1.82, 2.24) is 81.9 Å². The van der Waals surface area contributed by atoms with Gasteiger partial charge in [-0.25, -0.2) is 4.39 Å². The first-order valence-electron chi connectivity index (χ1n) is 47.7. The number of hydrogen-bond donors (Lipinski definition) is 15. The van der Waals surface area contributed by atoms with Crippen molar-refractivity contribution in [3.05, 3.63) is 108 Å². The Morgan fingerprint density at radius 3 is 1.67 bits per heavy atom. The summed E-state index contributed by atoms with van der Waals surface area (Å²) in [4.78, 5) is 275. The van der Waals surface area contributed by atoms with E-state index in [0.29, 0.717) is 77.0 Å². The molecule has 41 heteroatoms. The Bertz CT molecular complexity index is 5220. The number of amides is 16. The number of nitrogens with one attached hydrogen (secondary N) is 10. The van der Waals surface area contributed by atoms with Crippen LogP contribution in [0.15, 0.2) is 85.2 Å². The number of thioether (sulfide) groups is 1. The molecular weight excluding hydrogens is 1800 g/mol. The normalized spacial score (nSPS) is 25.2. The van der Waals surface area contributed by atoms with Crippen LogP contribution in [-0.2, 0) is 112 Å². The van der Waals surface area contributed by atoms with Gasteiger partial charge in [0.25, 0.3) is 0 Å². The maximum Gasteiger partial charge on any atom is 0.323 e. The number of nitrogens with two attached hydrogens (primary N) is 3. The highest BCUT2D eigenvalue weighted by molar-refractivity contribution is 8.00. The fourth-order valence-corrected chi connectivity index (χ4v) is 19.1. The highest BCUT2D eigenvalue weighted by Crippen LogP contribution is 2.31. The number of carboxylic acids is 1. The maximum atomic E-state index is 16.0. The molecule has 9 rings (SSSR count). The zero-order valence-electron chi connectivity index (χ0n) is 80.6. The number of aliphatic carboxylic acids is 1. The molecule has 3 aromatic carbocycles. The minimum Gasteiger partial charge on any atom is -0.480 e. The Morgan fingerprint density at radius 1 is 0.529 bits per heavy atom. The Balaban J connectivity index is 1.12. The number of hydrogen-bond acceptors (Lipinski definition) is 21. The quantitative estimate of drug-likeness (QED) is 0.0377. The van der Waals surface area contributed by atoms with E-state index in [9.17, 15) is 48.2 Å². The van der Waals surface area contributed by atoms with Crippen molar-refractivity contribution in [2.45, 2.75) is 294 Å². The summed E-state index contributed by atoms with van der Waals surface area (Å²) < 4.78 is 15.9. The maximum absolute atomic E-state index is 16.0. The molecule has 754 valence electrons. The lowest BCUT2D eigenvalue weighted by Crippen LogP contribution is -2.61. The number of nitrogens with zero attached hydrogens (tertiary/aromatic N) is 6. The largest absolute Gasteiger partial charge is 0.480 e. The molecule has 138 heavy (non-hydrogen) atoms. The van der Waals surface area contributed by atoms with Crippen LogP contribution in [0.3, 0.4) is 0 Å². The molecule has 4 fully saturated rings. The summed E-state index contributed by atoms with van der Waals surface area (Å²) in [6.45, 7) is 14.2. The molecule has 0 unspecified atom stereocenters. The van der Waals surface area contributed by atoms with Crippen molar-refractivity contribution < 1.29 is 101 Å². The number of aromatic amines is 1. The van der Waals surface area contributed by atoms with Gasteiger partial charge in [0.05, 0.1) is 18.3 Å². The lowest BCUT2D eigenvalue weighted by Gasteiger charge is -2.38. The first-order valence-corrected chi connectivity index (χ1v) is 48.9. The number of benzene rings is 3. The lowest BCUT2D eigenvalue weighted by molar-refractivity contribution is -0.149. The summed E-state index contributed by atoms with van der Waals surface area (Å²) in [5, 5.41) is 47.5. The third-order valence-electron chi connectivity index (χ3n) is 25.7. The van der Waals surface area contributed by atoms with E-state index < -0.39 is 240 Å². The highest BCUT2D eigenvalue weighted by atomic mass is 32.2. The molecule has 4 aliphatic rings. The van der Waals surface area contributed by atoms with Crippen molar-refractivity contribution in [3.63, 3.8) is 0 Å². The third kappa shape index (κ3) is 29.8. The fourth-order valence-electron chi connectivity index (χ4n) is 18.2. The molecule has 5 aromatic rings. The van der Waals surface area contributed by atoms with Crippen molar-refractivity contribution in [2.75, 3.05) is 51.8 Å². The minimum atomic E-state index is -1.77. The number of primary amides is 2. The van der Waals surface area contributed by atoms with E-state index in [1.54, 1.807) is 103 Å². The number of likely N-dealkylation sites (N-methyl/N-ethyl adjacent to an activating group) is 2. The van der Waals surface area contributed by atoms with Crippen LogP contribution in [0.25, 0.3) is 21.8 Å². The molecule has 6 heterocycles. The first kappa shape index (κ1) is 109. The van der Waals surface area contributed by atoms with Crippen molar-refractivity contribution in [3.8, 4) is 0 Å². The number of unbranched alkanes of at least 4 members (excludes halogenated alkanes) is 2. The van der Waals surface area contributed by atoms with E-state index in [1.165, 1.54) is 46.8 Å². The van der Waals surface area contributed by atoms with Gasteiger partial charge in [-0.1, -0.05) is 137 Å². The second-order valence-corrected chi connectivity index (χ2v) is 39.4. The van der Waals surface area contributed by atoms with Gasteiger partial charge < -0.3 is 109 Å². The van der Waals surface area contributed by atoms with E-state index >= 15 is 52.7 Å². The van der Waals surface area contributed by atoms with Crippen molar-refractivity contribution in [1.29, 1.82) is 0 Å². The highest BCUT2D eigenvalue weighted by Gasteiger charge is 2.48. The minimum absolute atomic E-state index is 0.00161. The number of Topliss-reactive ketones (excluding diaryl/α,β-unsaturated/α-hetero) is 1. The molecule has 15 atom stereocenters. The third-order valence-corrected chi connectivity index (χ3v) is 26.7. The van der Waals surface area contributed by atoms with Gasteiger partial charge in [-0.2, -0.15) is 0 Å². The number of halogens is 1. The monoisotopic (exact) mass is 1940 g/mol. The molecule has 0 saturated carbocycles. The van der Waals surface area contributed by atoms with Gasteiger partial charge in [0, 0.05) is 111 Å². The number of aromatic nitrogens is 2. The van der Waals surface area contributed by atoms with Gasteiger partial charge >= 0.3 is 5.97 Å². The van der Waals surface area contributed by atoms with Crippen molar-refractivity contribution in [2.24, 2.45) is 34.5 Å². The van der Waals surface area contributed by atoms with E-state index in [2.05, 4.69) is 52.8 Å². The predicted octanol–water partition coefficient (Wildman–Crippen LogP) is 2.05. The number of fused-ring (bicyclic) bond motifs is 5. The second-order valence-electron chi connectivity index (χ2n) is 38.4. The van der Waals surface area contributed by atoms with Crippen LogP contribution in [-0.4, -0.2) is 293 Å². The number of para-hydroxylation sites is 2. The van der Waals surface area contributed by atoms with E-state index in [4.69, 9.17) is 17.2 Å². The molecule has 4 aliphatic heterocycles. The summed E-state index contributed by atoms with van der Waals surface area (Å²) >= 11 is 0.828. The summed E-state index contributed by atoms with van der Waals surface area (Å²) in [5.74, 6) is -18.2. The molecule has 16 amide bonds. The number of carbonyl (C=O) groups excluding carboxylic acids is 17. The molecule has 0 bridgehead atoms. The number of carbonyl (C=O) groups is 18. The van der Waals surface area contributed by atoms with Gasteiger partial charge in [-0.3, -0.25) is 86.3 Å². The Labute approximate surface area is 806 Å². The number of aliphatic hydroxyl groups is 1. The van der Waals surface area contributed by atoms with Crippen LogP contribution in [0.4, 0.5) is 4.39 Å². The average molecular weight is 1940 g/mol. The van der Waals surface area contributed by atoms with Gasteiger partial charge in [0.15, 0.2) is 0 Å².